The van der Waals surface area contributed by atoms with Gasteiger partial charge < -0.3 is 0 Å². The van der Waals surface area contributed by atoms with E-state index in [-0.39, 0.29) is 0 Å². The molecule has 1 heterocycles. The average molecular weight is 248 g/mol. The van der Waals surface area contributed by atoms with Crippen LogP contribution in [0.25, 0.3) is 11.1 Å². The van der Waals surface area contributed by atoms with Gasteiger partial charge in [-0.25, -0.2) is 0 Å². The summed E-state index contributed by atoms with van der Waals surface area (Å²) in [7, 11) is 0. The molecule has 0 saturated carbocycles. The van der Waals surface area contributed by atoms with Crippen molar-refractivity contribution in [2.24, 2.45) is 0 Å². The number of nitrogens with zero attached hydrogens (tertiary/aromatic N) is 1. The number of benzene rings is 1. The molecule has 0 fully saturated rings. The minimum Gasteiger partial charge on any atom is -0.261 e. The monoisotopic (exact) mass is 247 g/mol. The van der Waals surface area contributed by atoms with Crippen molar-refractivity contribution < 1.29 is 0 Å². The maximum absolute atomic E-state index is 4.28. The summed E-state index contributed by atoms with van der Waals surface area (Å²) in [5.74, 6) is 0. The topological polar surface area (TPSA) is 12.9 Å². The summed E-state index contributed by atoms with van der Waals surface area (Å²) in [5.41, 5.74) is 3.36. The molecule has 1 nitrogen and oxygen atoms in total. The van der Waals surface area contributed by atoms with Crippen LogP contribution in [0, 0.1) is 6.92 Å². The van der Waals surface area contributed by atoms with Crippen LogP contribution in [-0.2, 0) is 0 Å². The second-order valence-electron chi connectivity index (χ2n) is 3.17. The normalized spacial score (nSPS) is 10.1. The SMILES string of the molecule is Cc1ccc(-c2ccccc2Br)cn1. The Kier molecular flexibility index (Phi) is 2.64. The highest BCUT2D eigenvalue weighted by Gasteiger charge is 2.01. The van der Waals surface area contributed by atoms with E-state index in [4.69, 9.17) is 0 Å². The molecule has 2 aromatic rings. The number of hydrogen-bond acceptors (Lipinski definition) is 1. The van der Waals surface area contributed by atoms with Gasteiger partial charge in [0, 0.05) is 21.9 Å². The van der Waals surface area contributed by atoms with Gasteiger partial charge in [-0.05, 0) is 24.6 Å². The van der Waals surface area contributed by atoms with E-state index < -0.39 is 0 Å². The molecule has 0 unspecified atom stereocenters. The fourth-order valence-electron chi connectivity index (χ4n) is 1.32. The number of aromatic nitrogens is 1. The second kappa shape index (κ2) is 3.93. The lowest BCUT2D eigenvalue weighted by atomic mass is 10.1. The van der Waals surface area contributed by atoms with E-state index in [0.717, 1.165) is 15.7 Å². The molecule has 0 radical (unpaired) electrons. The van der Waals surface area contributed by atoms with Gasteiger partial charge in [-0.2, -0.15) is 0 Å². The predicted molar refractivity (Wildman–Crippen MR) is 62.1 cm³/mol. The molecule has 0 spiro atoms. The highest BCUT2D eigenvalue weighted by Crippen LogP contribution is 2.26. The number of hydrogen-bond donors (Lipinski definition) is 0. The van der Waals surface area contributed by atoms with E-state index in [1.807, 2.05) is 37.4 Å². The van der Waals surface area contributed by atoms with Gasteiger partial charge in [-0.1, -0.05) is 40.2 Å². The number of pyridine rings is 1. The number of rotatable bonds is 1. The molecule has 0 bridgehead atoms. The highest BCUT2D eigenvalue weighted by molar-refractivity contribution is 9.10. The largest absolute Gasteiger partial charge is 0.261 e. The minimum atomic E-state index is 1.04. The first-order valence-corrected chi connectivity index (χ1v) is 5.24. The molecule has 0 amide bonds. The van der Waals surface area contributed by atoms with Crippen LogP contribution in [0.3, 0.4) is 0 Å². The standard InChI is InChI=1S/C12H10BrN/c1-9-6-7-10(8-14-9)11-4-2-3-5-12(11)13/h2-8H,1H3. The molecular formula is C12H10BrN. The molecule has 0 saturated heterocycles. The van der Waals surface area contributed by atoms with Crippen molar-refractivity contribution in [3.05, 3.63) is 52.8 Å². The van der Waals surface area contributed by atoms with Crippen LogP contribution in [0.4, 0.5) is 0 Å². The molecule has 0 atom stereocenters. The lowest BCUT2D eigenvalue weighted by Gasteiger charge is -2.03. The summed E-state index contributed by atoms with van der Waals surface area (Å²) < 4.78 is 1.10. The predicted octanol–water partition coefficient (Wildman–Crippen LogP) is 3.82. The summed E-state index contributed by atoms with van der Waals surface area (Å²) in [5, 5.41) is 0. The zero-order valence-electron chi connectivity index (χ0n) is 7.87. The lowest BCUT2D eigenvalue weighted by Crippen LogP contribution is -1.83. The van der Waals surface area contributed by atoms with Crippen molar-refractivity contribution in [3.8, 4) is 11.1 Å². The summed E-state index contributed by atoms with van der Waals surface area (Å²) in [6, 6.07) is 12.3. The third-order valence-electron chi connectivity index (χ3n) is 2.10. The molecule has 1 aromatic carbocycles. The van der Waals surface area contributed by atoms with Crippen LogP contribution < -0.4 is 0 Å². The maximum Gasteiger partial charge on any atom is 0.0373 e. The van der Waals surface area contributed by atoms with Gasteiger partial charge in [-0.15, -0.1) is 0 Å². The Hall–Kier alpha value is -1.15. The quantitative estimate of drug-likeness (QED) is 0.747. The van der Waals surface area contributed by atoms with Crippen LogP contribution in [-0.4, -0.2) is 4.98 Å². The second-order valence-corrected chi connectivity index (χ2v) is 4.02. The van der Waals surface area contributed by atoms with E-state index in [0.29, 0.717) is 0 Å². The van der Waals surface area contributed by atoms with Gasteiger partial charge in [-0.3, -0.25) is 4.98 Å². The fourth-order valence-corrected chi connectivity index (χ4v) is 1.84. The average Bonchev–Trinajstić information content (AvgIpc) is 2.20. The molecule has 70 valence electrons. The molecule has 0 aliphatic carbocycles. The first-order chi connectivity index (χ1) is 6.77. The van der Waals surface area contributed by atoms with Gasteiger partial charge in [0.2, 0.25) is 0 Å². The van der Waals surface area contributed by atoms with E-state index in [2.05, 4.69) is 33.0 Å². The van der Waals surface area contributed by atoms with E-state index in [1.54, 1.807) is 0 Å². The molecule has 1 aromatic heterocycles. The van der Waals surface area contributed by atoms with E-state index in [9.17, 15) is 0 Å². The smallest absolute Gasteiger partial charge is 0.0373 e. The zero-order chi connectivity index (χ0) is 9.97. The molecule has 14 heavy (non-hydrogen) atoms. The first kappa shape index (κ1) is 9.41. The zero-order valence-corrected chi connectivity index (χ0v) is 9.45. The molecule has 0 aliphatic heterocycles. The van der Waals surface area contributed by atoms with Crippen LogP contribution >= 0.6 is 15.9 Å². The van der Waals surface area contributed by atoms with Gasteiger partial charge >= 0.3 is 0 Å². The third kappa shape index (κ3) is 1.85. The summed E-state index contributed by atoms with van der Waals surface area (Å²) in [6.45, 7) is 1.99. The van der Waals surface area contributed by atoms with Crippen LogP contribution in [0.15, 0.2) is 47.1 Å². The van der Waals surface area contributed by atoms with Crippen molar-refractivity contribution in [1.29, 1.82) is 0 Å². The Morgan fingerprint density at radius 3 is 2.50 bits per heavy atom. The van der Waals surface area contributed by atoms with Gasteiger partial charge in [0.05, 0.1) is 0 Å². The van der Waals surface area contributed by atoms with Crippen molar-refractivity contribution in [2.45, 2.75) is 6.92 Å². The lowest BCUT2D eigenvalue weighted by molar-refractivity contribution is 1.20. The van der Waals surface area contributed by atoms with Crippen LogP contribution in [0.2, 0.25) is 0 Å². The molecule has 0 N–H and O–H groups in total. The summed E-state index contributed by atoms with van der Waals surface area (Å²) in [6.07, 6.45) is 1.90. The Morgan fingerprint density at radius 1 is 1.07 bits per heavy atom. The molecule has 2 heteroatoms. The maximum atomic E-state index is 4.28. The van der Waals surface area contributed by atoms with Crippen molar-refractivity contribution in [2.75, 3.05) is 0 Å². The Labute approximate surface area is 91.9 Å². The Balaban J connectivity index is 2.50. The van der Waals surface area contributed by atoms with E-state index >= 15 is 0 Å². The van der Waals surface area contributed by atoms with Crippen molar-refractivity contribution in [3.63, 3.8) is 0 Å². The summed E-state index contributed by atoms with van der Waals surface area (Å²) >= 11 is 3.52. The molecule has 0 aliphatic rings. The minimum absolute atomic E-state index is 1.04. The van der Waals surface area contributed by atoms with Gasteiger partial charge in [0.15, 0.2) is 0 Å². The molecule has 2 rings (SSSR count). The van der Waals surface area contributed by atoms with Crippen LogP contribution in [0.5, 0.6) is 0 Å². The number of halogens is 1. The van der Waals surface area contributed by atoms with E-state index in [1.165, 1.54) is 5.56 Å². The third-order valence-corrected chi connectivity index (χ3v) is 2.79. The van der Waals surface area contributed by atoms with Gasteiger partial charge in [0.1, 0.15) is 0 Å². The van der Waals surface area contributed by atoms with Crippen molar-refractivity contribution >= 4 is 15.9 Å². The Bertz CT molecular complexity index is 434. The molecular weight excluding hydrogens is 238 g/mol. The van der Waals surface area contributed by atoms with Gasteiger partial charge in [0.25, 0.3) is 0 Å². The van der Waals surface area contributed by atoms with Crippen molar-refractivity contribution in [1.82, 2.24) is 4.98 Å². The fraction of sp³-hybridized carbons (Fsp3) is 0.0833. The summed E-state index contributed by atoms with van der Waals surface area (Å²) in [4.78, 5) is 4.28. The Morgan fingerprint density at radius 2 is 1.86 bits per heavy atom. The van der Waals surface area contributed by atoms with Crippen LogP contribution in [0.1, 0.15) is 5.69 Å². The first-order valence-electron chi connectivity index (χ1n) is 4.45. The number of aryl methyl sites for hydroxylation is 1. The highest BCUT2D eigenvalue weighted by atomic mass is 79.9.